The Morgan fingerprint density at radius 1 is 1.47 bits per heavy atom. The van der Waals surface area contributed by atoms with Crippen molar-refractivity contribution < 1.29 is 19.4 Å². The fourth-order valence-corrected chi connectivity index (χ4v) is 3.25. The highest BCUT2D eigenvalue weighted by atomic mass is 32.2. The van der Waals surface area contributed by atoms with Gasteiger partial charge < -0.3 is 19.6 Å². The summed E-state index contributed by atoms with van der Waals surface area (Å²) in [6.45, 7) is 1.54. The predicted molar refractivity (Wildman–Crippen MR) is 72.5 cm³/mol. The van der Waals surface area contributed by atoms with E-state index in [4.69, 9.17) is 4.74 Å². The number of thioether (sulfide) groups is 1. The maximum absolute atomic E-state index is 12.5. The SMILES string of the molecule is COCCN(C(=O)N1CCSCC1C(=O)O)C1CC1. The summed E-state index contributed by atoms with van der Waals surface area (Å²) in [6, 6.07) is -0.575. The van der Waals surface area contributed by atoms with Crippen LogP contribution in [0.15, 0.2) is 0 Å². The molecule has 2 aliphatic rings. The van der Waals surface area contributed by atoms with Gasteiger partial charge in [-0.25, -0.2) is 9.59 Å². The Morgan fingerprint density at radius 2 is 2.21 bits per heavy atom. The fraction of sp³-hybridized carbons (Fsp3) is 0.833. The van der Waals surface area contributed by atoms with Gasteiger partial charge >= 0.3 is 12.0 Å². The van der Waals surface area contributed by atoms with E-state index < -0.39 is 12.0 Å². The summed E-state index contributed by atoms with van der Waals surface area (Å²) in [5, 5.41) is 9.22. The van der Waals surface area contributed by atoms with Crippen LogP contribution in [0.4, 0.5) is 4.79 Å². The standard InChI is InChI=1S/C12H20N2O4S/c1-18-6-4-13(9-2-3-9)12(17)14-5-7-19-8-10(14)11(15)16/h9-10H,2-8H2,1H3,(H,15,16). The van der Waals surface area contributed by atoms with Crippen LogP contribution in [0.5, 0.6) is 0 Å². The van der Waals surface area contributed by atoms with E-state index in [2.05, 4.69) is 0 Å². The molecule has 0 aromatic carbocycles. The van der Waals surface area contributed by atoms with Crippen LogP contribution in [0.3, 0.4) is 0 Å². The molecule has 0 radical (unpaired) electrons. The molecule has 2 amide bonds. The first-order chi connectivity index (χ1) is 9.15. The first kappa shape index (κ1) is 14.5. The molecule has 1 aliphatic carbocycles. The lowest BCUT2D eigenvalue weighted by Crippen LogP contribution is -2.55. The number of methoxy groups -OCH3 is 1. The van der Waals surface area contributed by atoms with Gasteiger partial charge in [0.05, 0.1) is 6.61 Å². The van der Waals surface area contributed by atoms with E-state index in [0.29, 0.717) is 25.4 Å². The number of rotatable bonds is 5. The lowest BCUT2D eigenvalue weighted by atomic mass is 10.3. The lowest BCUT2D eigenvalue weighted by Gasteiger charge is -2.36. The van der Waals surface area contributed by atoms with Gasteiger partial charge in [0.15, 0.2) is 0 Å². The van der Waals surface area contributed by atoms with Gasteiger partial charge in [-0.2, -0.15) is 11.8 Å². The largest absolute Gasteiger partial charge is 0.480 e. The third-order valence-electron chi connectivity index (χ3n) is 3.43. The van der Waals surface area contributed by atoms with Crippen molar-refractivity contribution in [1.82, 2.24) is 9.80 Å². The summed E-state index contributed by atoms with van der Waals surface area (Å²) < 4.78 is 5.03. The van der Waals surface area contributed by atoms with E-state index in [1.165, 1.54) is 4.90 Å². The molecule has 1 unspecified atom stereocenters. The number of urea groups is 1. The van der Waals surface area contributed by atoms with Crippen LogP contribution in [0.25, 0.3) is 0 Å². The van der Waals surface area contributed by atoms with Gasteiger partial charge in [-0.05, 0) is 12.8 Å². The molecule has 2 rings (SSSR count). The van der Waals surface area contributed by atoms with Crippen LogP contribution in [-0.2, 0) is 9.53 Å². The van der Waals surface area contributed by atoms with E-state index in [0.717, 1.165) is 18.6 Å². The number of hydrogen-bond donors (Lipinski definition) is 1. The van der Waals surface area contributed by atoms with Crippen LogP contribution in [0.1, 0.15) is 12.8 Å². The number of nitrogens with zero attached hydrogens (tertiary/aromatic N) is 2. The topological polar surface area (TPSA) is 70.1 Å². The molecular formula is C12H20N2O4S. The minimum atomic E-state index is -0.914. The van der Waals surface area contributed by atoms with E-state index >= 15 is 0 Å². The molecule has 0 aromatic rings. The minimum absolute atomic E-state index is 0.146. The molecule has 0 spiro atoms. The van der Waals surface area contributed by atoms with Crippen molar-refractivity contribution in [3.8, 4) is 0 Å². The average molecular weight is 288 g/mol. The Morgan fingerprint density at radius 3 is 2.79 bits per heavy atom. The zero-order chi connectivity index (χ0) is 13.8. The Balaban J connectivity index is 2.03. The van der Waals surface area contributed by atoms with Crippen molar-refractivity contribution in [3.05, 3.63) is 0 Å². The van der Waals surface area contributed by atoms with Gasteiger partial charge in [-0.3, -0.25) is 0 Å². The second kappa shape index (κ2) is 6.47. The molecule has 1 heterocycles. The number of amides is 2. The Hall–Kier alpha value is -0.950. The number of carboxylic acid groups (broad SMARTS) is 1. The summed E-state index contributed by atoms with van der Waals surface area (Å²) in [5.41, 5.74) is 0. The van der Waals surface area contributed by atoms with Gasteiger partial charge in [0.2, 0.25) is 0 Å². The van der Waals surface area contributed by atoms with Crippen molar-refractivity contribution in [2.24, 2.45) is 0 Å². The Labute approximate surface area is 117 Å². The number of aliphatic carboxylic acids is 1. The number of carbonyl (C=O) groups is 2. The number of carbonyl (C=O) groups excluding carboxylic acids is 1. The van der Waals surface area contributed by atoms with Crippen molar-refractivity contribution in [2.75, 3.05) is 38.3 Å². The zero-order valence-corrected chi connectivity index (χ0v) is 11.9. The quantitative estimate of drug-likeness (QED) is 0.807. The third-order valence-corrected chi connectivity index (χ3v) is 4.45. The van der Waals surface area contributed by atoms with Crippen LogP contribution >= 0.6 is 11.8 Å². The first-order valence-corrected chi connectivity index (χ1v) is 7.67. The van der Waals surface area contributed by atoms with E-state index in [-0.39, 0.29) is 12.1 Å². The fourth-order valence-electron chi connectivity index (χ4n) is 2.21. The highest BCUT2D eigenvalue weighted by Crippen LogP contribution is 2.29. The Kier molecular flexibility index (Phi) is 4.93. The van der Waals surface area contributed by atoms with E-state index in [1.807, 2.05) is 0 Å². The molecule has 2 fully saturated rings. The summed E-state index contributed by atoms with van der Waals surface area (Å²) >= 11 is 1.59. The van der Waals surface area contributed by atoms with Crippen molar-refractivity contribution in [3.63, 3.8) is 0 Å². The number of hydrogen-bond acceptors (Lipinski definition) is 4. The second-order valence-corrected chi connectivity index (χ2v) is 5.97. The zero-order valence-electron chi connectivity index (χ0n) is 11.1. The number of carboxylic acids is 1. The normalized spacial score (nSPS) is 23.2. The molecule has 1 N–H and O–H groups in total. The maximum Gasteiger partial charge on any atom is 0.327 e. The molecule has 1 atom stereocenters. The molecule has 6 nitrogen and oxygen atoms in total. The van der Waals surface area contributed by atoms with Crippen molar-refractivity contribution in [2.45, 2.75) is 24.9 Å². The highest BCUT2D eigenvalue weighted by molar-refractivity contribution is 7.99. The van der Waals surface area contributed by atoms with Crippen LogP contribution in [0, 0.1) is 0 Å². The monoisotopic (exact) mass is 288 g/mol. The minimum Gasteiger partial charge on any atom is -0.480 e. The molecule has 7 heteroatoms. The van der Waals surface area contributed by atoms with Gasteiger partial charge in [-0.15, -0.1) is 0 Å². The second-order valence-electron chi connectivity index (χ2n) is 4.82. The maximum atomic E-state index is 12.5. The predicted octanol–water partition coefficient (Wildman–Crippen LogP) is 0.719. The van der Waals surface area contributed by atoms with Crippen LogP contribution < -0.4 is 0 Å². The van der Waals surface area contributed by atoms with E-state index in [1.54, 1.807) is 23.8 Å². The highest BCUT2D eigenvalue weighted by Gasteiger charge is 2.39. The summed E-state index contributed by atoms with van der Waals surface area (Å²) in [6.07, 6.45) is 2.02. The molecule has 1 saturated carbocycles. The Bertz CT molecular complexity index is 349. The van der Waals surface area contributed by atoms with Crippen LogP contribution in [-0.4, -0.2) is 77.3 Å². The molecule has 0 aromatic heterocycles. The van der Waals surface area contributed by atoms with Gasteiger partial charge in [0.25, 0.3) is 0 Å². The smallest absolute Gasteiger partial charge is 0.327 e. The van der Waals surface area contributed by atoms with Crippen LogP contribution in [0.2, 0.25) is 0 Å². The average Bonchev–Trinajstić information content (AvgIpc) is 3.23. The molecular weight excluding hydrogens is 268 g/mol. The molecule has 19 heavy (non-hydrogen) atoms. The van der Waals surface area contributed by atoms with Crippen molar-refractivity contribution in [1.29, 1.82) is 0 Å². The number of ether oxygens (including phenoxy) is 1. The third kappa shape index (κ3) is 3.54. The summed E-state index contributed by atoms with van der Waals surface area (Å²) in [5.74, 6) is 0.366. The van der Waals surface area contributed by atoms with Gasteiger partial charge in [0.1, 0.15) is 6.04 Å². The summed E-state index contributed by atoms with van der Waals surface area (Å²) in [7, 11) is 1.60. The van der Waals surface area contributed by atoms with Gasteiger partial charge in [0, 0.05) is 37.7 Å². The van der Waals surface area contributed by atoms with Crippen molar-refractivity contribution >= 4 is 23.8 Å². The molecule has 0 bridgehead atoms. The van der Waals surface area contributed by atoms with E-state index in [9.17, 15) is 14.7 Å². The molecule has 108 valence electrons. The molecule has 1 aliphatic heterocycles. The summed E-state index contributed by atoms with van der Waals surface area (Å²) in [4.78, 5) is 27.0. The molecule has 1 saturated heterocycles. The first-order valence-electron chi connectivity index (χ1n) is 6.52. The lowest BCUT2D eigenvalue weighted by molar-refractivity contribution is -0.141. The van der Waals surface area contributed by atoms with Gasteiger partial charge in [-0.1, -0.05) is 0 Å².